The van der Waals surface area contributed by atoms with Crippen LogP contribution in [0.2, 0.25) is 0 Å². The van der Waals surface area contributed by atoms with Gasteiger partial charge in [0.2, 0.25) is 0 Å². The molecule has 0 amide bonds. The molecule has 0 aliphatic rings. The van der Waals surface area contributed by atoms with Gasteiger partial charge in [0, 0.05) is 26.4 Å². The Kier molecular flexibility index (Phi) is 4.22. The zero-order valence-electron chi connectivity index (χ0n) is 9.54. The van der Waals surface area contributed by atoms with Crippen LogP contribution in [0.3, 0.4) is 0 Å². The molecule has 2 N–H and O–H groups in total. The van der Waals surface area contributed by atoms with E-state index >= 15 is 0 Å². The van der Waals surface area contributed by atoms with Crippen molar-refractivity contribution in [2.45, 2.75) is 5.03 Å². The van der Waals surface area contributed by atoms with Gasteiger partial charge in [-0.15, -0.1) is 0 Å². The van der Waals surface area contributed by atoms with E-state index < -0.39 is 10.0 Å². The van der Waals surface area contributed by atoms with Gasteiger partial charge in [0.15, 0.2) is 10.8 Å². The minimum Gasteiger partial charge on any atom is -0.381 e. The standard InChI is InChI=1S/C8H16N4O2S2/c1-11-6-10-7(9)8(11)16(13,14)12(2)4-5-15-3/h6H,4-5,9H2,1-3H3. The van der Waals surface area contributed by atoms with E-state index in [0.29, 0.717) is 6.54 Å². The number of aromatic nitrogens is 2. The van der Waals surface area contributed by atoms with Crippen LogP contribution in [-0.2, 0) is 17.1 Å². The number of nitrogen functional groups attached to an aromatic ring is 1. The number of rotatable bonds is 5. The topological polar surface area (TPSA) is 81.2 Å². The number of aryl methyl sites for hydroxylation is 1. The van der Waals surface area contributed by atoms with Crippen molar-refractivity contribution in [3.63, 3.8) is 0 Å². The predicted octanol–water partition coefficient (Wildman–Crippen LogP) is -0.0142. The van der Waals surface area contributed by atoms with Crippen LogP contribution in [-0.4, -0.2) is 47.9 Å². The van der Waals surface area contributed by atoms with Crippen molar-refractivity contribution in [1.82, 2.24) is 13.9 Å². The summed E-state index contributed by atoms with van der Waals surface area (Å²) in [4.78, 5) is 3.77. The van der Waals surface area contributed by atoms with Crippen LogP contribution >= 0.6 is 11.8 Å². The lowest BCUT2D eigenvalue weighted by Gasteiger charge is -2.16. The lowest BCUT2D eigenvalue weighted by molar-refractivity contribution is 0.482. The lowest BCUT2D eigenvalue weighted by atomic mass is 10.8. The van der Waals surface area contributed by atoms with E-state index in [4.69, 9.17) is 5.73 Å². The van der Waals surface area contributed by atoms with Crippen LogP contribution in [0.5, 0.6) is 0 Å². The molecule has 0 unspecified atom stereocenters. The van der Waals surface area contributed by atoms with Gasteiger partial charge in [-0.2, -0.15) is 16.1 Å². The number of hydrogen-bond donors (Lipinski definition) is 1. The second-order valence-corrected chi connectivity index (χ2v) is 6.31. The quantitative estimate of drug-likeness (QED) is 0.808. The Morgan fingerprint density at radius 2 is 2.25 bits per heavy atom. The summed E-state index contributed by atoms with van der Waals surface area (Å²) < 4.78 is 26.9. The Morgan fingerprint density at radius 3 is 2.69 bits per heavy atom. The third kappa shape index (κ3) is 2.50. The Labute approximate surface area is 99.9 Å². The summed E-state index contributed by atoms with van der Waals surface area (Å²) in [6.45, 7) is 0.453. The average Bonchev–Trinajstić information content (AvgIpc) is 2.55. The minimum atomic E-state index is -3.53. The molecule has 92 valence electrons. The molecule has 0 spiro atoms. The third-order valence-electron chi connectivity index (χ3n) is 2.17. The van der Waals surface area contributed by atoms with Gasteiger partial charge >= 0.3 is 0 Å². The fraction of sp³-hybridized carbons (Fsp3) is 0.625. The molecule has 0 aliphatic heterocycles. The maximum Gasteiger partial charge on any atom is 0.262 e. The zero-order valence-corrected chi connectivity index (χ0v) is 11.2. The number of nitrogens with zero attached hydrogens (tertiary/aromatic N) is 3. The molecule has 0 saturated heterocycles. The predicted molar refractivity (Wildman–Crippen MR) is 65.8 cm³/mol. The third-order valence-corrected chi connectivity index (χ3v) is 4.75. The van der Waals surface area contributed by atoms with Crippen molar-refractivity contribution < 1.29 is 8.42 Å². The van der Waals surface area contributed by atoms with Gasteiger partial charge in [0.1, 0.15) is 0 Å². The van der Waals surface area contributed by atoms with Crippen molar-refractivity contribution in [1.29, 1.82) is 0 Å². The molecular weight excluding hydrogens is 248 g/mol. The number of thioether (sulfide) groups is 1. The molecule has 0 bridgehead atoms. The Balaban J connectivity index is 3.02. The van der Waals surface area contributed by atoms with Gasteiger partial charge in [0.25, 0.3) is 10.0 Å². The van der Waals surface area contributed by atoms with E-state index in [-0.39, 0.29) is 10.8 Å². The molecule has 0 aromatic carbocycles. The molecule has 1 aromatic rings. The Hall–Kier alpha value is -0.730. The minimum absolute atomic E-state index is 0.0403. The molecular formula is C8H16N4O2S2. The highest BCUT2D eigenvalue weighted by molar-refractivity contribution is 7.98. The smallest absolute Gasteiger partial charge is 0.262 e. The summed E-state index contributed by atoms with van der Waals surface area (Å²) >= 11 is 1.59. The van der Waals surface area contributed by atoms with Crippen LogP contribution in [0.1, 0.15) is 0 Å². The second kappa shape index (κ2) is 5.07. The lowest BCUT2D eigenvalue weighted by Crippen LogP contribution is -2.30. The average molecular weight is 264 g/mol. The molecule has 1 rings (SSSR count). The maximum atomic E-state index is 12.1. The van der Waals surface area contributed by atoms with Crippen molar-refractivity contribution in [2.75, 3.05) is 31.3 Å². The highest BCUT2D eigenvalue weighted by atomic mass is 32.2. The van der Waals surface area contributed by atoms with Crippen LogP contribution in [0.4, 0.5) is 5.82 Å². The van der Waals surface area contributed by atoms with Crippen molar-refractivity contribution in [3.8, 4) is 0 Å². The number of nitrogens with two attached hydrogens (primary N) is 1. The van der Waals surface area contributed by atoms with Crippen LogP contribution in [0, 0.1) is 0 Å². The summed E-state index contributed by atoms with van der Waals surface area (Å²) in [5.41, 5.74) is 5.55. The number of anilines is 1. The van der Waals surface area contributed by atoms with Crippen molar-refractivity contribution in [2.24, 2.45) is 7.05 Å². The molecule has 0 radical (unpaired) electrons. The fourth-order valence-electron chi connectivity index (χ4n) is 1.24. The summed E-state index contributed by atoms with van der Waals surface area (Å²) in [7, 11) is -0.384. The summed E-state index contributed by atoms with van der Waals surface area (Å²) in [5, 5.41) is 0.0519. The molecule has 0 fully saturated rings. The molecule has 0 saturated carbocycles. The van der Waals surface area contributed by atoms with Gasteiger partial charge in [-0.25, -0.2) is 13.4 Å². The van der Waals surface area contributed by atoms with E-state index in [9.17, 15) is 8.42 Å². The van der Waals surface area contributed by atoms with E-state index in [2.05, 4.69) is 4.98 Å². The number of hydrogen-bond acceptors (Lipinski definition) is 5. The first kappa shape index (κ1) is 13.3. The van der Waals surface area contributed by atoms with E-state index in [1.165, 1.54) is 22.2 Å². The number of sulfonamides is 1. The van der Waals surface area contributed by atoms with E-state index in [0.717, 1.165) is 5.75 Å². The van der Waals surface area contributed by atoms with Crippen LogP contribution < -0.4 is 5.73 Å². The second-order valence-electron chi connectivity index (χ2n) is 3.37. The number of imidazole rings is 1. The monoisotopic (exact) mass is 264 g/mol. The first-order valence-electron chi connectivity index (χ1n) is 4.63. The Bertz CT molecular complexity index is 435. The van der Waals surface area contributed by atoms with Crippen molar-refractivity contribution >= 4 is 27.6 Å². The van der Waals surface area contributed by atoms with Crippen LogP contribution in [0.25, 0.3) is 0 Å². The van der Waals surface area contributed by atoms with Gasteiger partial charge < -0.3 is 10.3 Å². The van der Waals surface area contributed by atoms with Crippen molar-refractivity contribution in [3.05, 3.63) is 6.33 Å². The summed E-state index contributed by atoms with van der Waals surface area (Å²) in [6.07, 6.45) is 3.32. The Morgan fingerprint density at radius 1 is 1.62 bits per heavy atom. The SMILES string of the molecule is CSCCN(C)S(=O)(=O)c1c(N)ncn1C. The van der Waals surface area contributed by atoms with Gasteiger partial charge in [-0.1, -0.05) is 0 Å². The van der Waals surface area contributed by atoms with E-state index in [1.54, 1.807) is 18.8 Å². The first-order valence-corrected chi connectivity index (χ1v) is 7.46. The fourth-order valence-corrected chi connectivity index (χ4v) is 3.17. The van der Waals surface area contributed by atoms with Crippen LogP contribution in [0.15, 0.2) is 11.4 Å². The van der Waals surface area contributed by atoms with Gasteiger partial charge in [-0.3, -0.25) is 0 Å². The molecule has 0 aliphatic carbocycles. The van der Waals surface area contributed by atoms with Gasteiger partial charge in [-0.05, 0) is 6.26 Å². The largest absolute Gasteiger partial charge is 0.381 e. The normalized spacial score (nSPS) is 12.2. The first-order chi connectivity index (χ1) is 7.41. The van der Waals surface area contributed by atoms with E-state index in [1.807, 2.05) is 6.26 Å². The summed E-state index contributed by atoms with van der Waals surface area (Å²) in [6, 6.07) is 0. The van der Waals surface area contributed by atoms with Gasteiger partial charge in [0.05, 0.1) is 6.33 Å². The maximum absolute atomic E-state index is 12.1. The molecule has 0 atom stereocenters. The molecule has 16 heavy (non-hydrogen) atoms. The zero-order chi connectivity index (χ0) is 12.3. The molecule has 1 heterocycles. The molecule has 6 nitrogen and oxygen atoms in total. The molecule has 8 heteroatoms. The summed E-state index contributed by atoms with van der Waals surface area (Å²) in [5.74, 6) is 0.784. The highest BCUT2D eigenvalue weighted by Gasteiger charge is 2.26. The molecule has 1 aromatic heterocycles. The highest BCUT2D eigenvalue weighted by Crippen LogP contribution is 2.19.